The highest BCUT2D eigenvalue weighted by Gasteiger charge is 2.38. The van der Waals surface area contributed by atoms with Crippen molar-refractivity contribution in [1.82, 2.24) is 19.5 Å². The monoisotopic (exact) mass is 350 g/mol. The molecule has 5 nitrogen and oxygen atoms in total. The number of alkyl halides is 3. The van der Waals surface area contributed by atoms with Crippen LogP contribution in [0.15, 0.2) is 35.1 Å². The van der Waals surface area contributed by atoms with E-state index in [1.54, 1.807) is 19.1 Å². The van der Waals surface area contributed by atoms with Gasteiger partial charge in [0.1, 0.15) is 5.52 Å². The Morgan fingerprint density at radius 2 is 1.96 bits per heavy atom. The van der Waals surface area contributed by atoms with E-state index in [-0.39, 0.29) is 21.7 Å². The average Bonchev–Trinajstić information content (AvgIpc) is 3.04. The molecule has 3 heterocycles. The first-order chi connectivity index (χ1) is 11.3. The second-order valence-corrected chi connectivity index (χ2v) is 6.27. The second kappa shape index (κ2) is 4.91. The third-order valence-electron chi connectivity index (χ3n) is 3.56. The summed E-state index contributed by atoms with van der Waals surface area (Å²) >= 11 is 0.939. The Kier molecular flexibility index (Phi) is 3.04. The number of fused-ring (bicyclic) bond motifs is 2. The maximum absolute atomic E-state index is 13.4. The lowest BCUT2D eigenvalue weighted by Crippen LogP contribution is -2.14. The van der Waals surface area contributed by atoms with Crippen LogP contribution in [-0.2, 0) is 6.18 Å². The molecule has 24 heavy (non-hydrogen) atoms. The van der Waals surface area contributed by atoms with E-state index in [1.165, 1.54) is 18.2 Å². The molecule has 3 aromatic heterocycles. The van der Waals surface area contributed by atoms with E-state index in [2.05, 4.69) is 15.0 Å². The van der Waals surface area contributed by atoms with Gasteiger partial charge in [-0.05, 0) is 37.3 Å². The molecule has 0 aliphatic heterocycles. The van der Waals surface area contributed by atoms with Gasteiger partial charge in [0.15, 0.2) is 5.65 Å². The molecule has 0 amide bonds. The predicted molar refractivity (Wildman–Crippen MR) is 84.6 cm³/mol. The number of nitrogens with one attached hydrogen (secondary N) is 1. The molecular formula is C15H9F3N4OS. The summed E-state index contributed by atoms with van der Waals surface area (Å²) in [5, 5.41) is 0. The number of aromatic amines is 1. The van der Waals surface area contributed by atoms with Crippen molar-refractivity contribution in [2.45, 2.75) is 13.1 Å². The third-order valence-corrected chi connectivity index (χ3v) is 4.41. The van der Waals surface area contributed by atoms with E-state index in [0.29, 0.717) is 15.9 Å². The number of nitrogens with zero attached hydrogens (tertiary/aromatic N) is 3. The van der Waals surface area contributed by atoms with E-state index in [0.717, 1.165) is 15.9 Å². The lowest BCUT2D eigenvalue weighted by Gasteiger charge is -2.11. The Morgan fingerprint density at radius 1 is 1.17 bits per heavy atom. The van der Waals surface area contributed by atoms with Gasteiger partial charge in [-0.3, -0.25) is 9.36 Å². The lowest BCUT2D eigenvalue weighted by molar-refractivity contribution is -0.145. The van der Waals surface area contributed by atoms with Gasteiger partial charge in [-0.25, -0.2) is 9.97 Å². The molecule has 0 spiro atoms. The summed E-state index contributed by atoms with van der Waals surface area (Å²) in [6.45, 7) is 1.70. The molecule has 0 unspecified atom stereocenters. The fraction of sp³-hybridized carbons (Fsp3) is 0.133. The maximum atomic E-state index is 13.4. The van der Waals surface area contributed by atoms with Crippen LogP contribution in [0.2, 0.25) is 0 Å². The predicted octanol–water partition coefficient (Wildman–Crippen LogP) is 3.65. The van der Waals surface area contributed by atoms with Crippen molar-refractivity contribution < 1.29 is 13.2 Å². The van der Waals surface area contributed by atoms with E-state index in [9.17, 15) is 18.0 Å². The van der Waals surface area contributed by atoms with Crippen LogP contribution in [0.25, 0.3) is 27.1 Å². The molecule has 0 radical (unpaired) electrons. The highest BCUT2D eigenvalue weighted by atomic mass is 32.1. The summed E-state index contributed by atoms with van der Waals surface area (Å²) in [5.74, 6) is -1.04. The van der Waals surface area contributed by atoms with E-state index >= 15 is 0 Å². The Balaban J connectivity index is 2.08. The molecule has 1 N–H and O–H groups in total. The van der Waals surface area contributed by atoms with Gasteiger partial charge in [-0.2, -0.15) is 13.2 Å². The average molecular weight is 350 g/mol. The van der Waals surface area contributed by atoms with Crippen molar-refractivity contribution in [3.05, 3.63) is 51.5 Å². The summed E-state index contributed by atoms with van der Waals surface area (Å²) in [6, 6.07) is 7.73. The lowest BCUT2D eigenvalue weighted by atomic mass is 10.3. The number of thiazole rings is 1. The van der Waals surface area contributed by atoms with Gasteiger partial charge in [0, 0.05) is 5.69 Å². The normalized spacial score (nSPS) is 12.3. The zero-order valence-electron chi connectivity index (χ0n) is 12.2. The first-order valence-corrected chi connectivity index (χ1v) is 7.71. The molecule has 0 bridgehead atoms. The molecule has 1 aromatic carbocycles. The van der Waals surface area contributed by atoms with Crippen LogP contribution >= 0.6 is 11.3 Å². The molecule has 0 aliphatic rings. The van der Waals surface area contributed by atoms with Crippen LogP contribution < -0.4 is 4.87 Å². The summed E-state index contributed by atoms with van der Waals surface area (Å²) < 4.78 is 41.8. The van der Waals surface area contributed by atoms with Crippen LogP contribution in [0.4, 0.5) is 13.2 Å². The topological polar surface area (TPSA) is 63.6 Å². The number of aromatic nitrogens is 4. The number of hydrogen-bond acceptors (Lipinski definition) is 4. The van der Waals surface area contributed by atoms with Crippen LogP contribution in [0.3, 0.4) is 0 Å². The molecule has 0 saturated heterocycles. The minimum atomic E-state index is -4.63. The van der Waals surface area contributed by atoms with Crippen molar-refractivity contribution in [2.24, 2.45) is 0 Å². The van der Waals surface area contributed by atoms with Gasteiger partial charge in [0.25, 0.3) is 0 Å². The minimum Gasteiger partial charge on any atom is -0.312 e. The minimum absolute atomic E-state index is 0.129. The first kappa shape index (κ1) is 14.9. The number of benzene rings is 1. The van der Waals surface area contributed by atoms with Gasteiger partial charge in [-0.1, -0.05) is 11.3 Å². The van der Waals surface area contributed by atoms with Gasteiger partial charge >= 0.3 is 11.0 Å². The molecular weight excluding hydrogens is 341 g/mol. The fourth-order valence-corrected chi connectivity index (χ4v) is 3.33. The van der Waals surface area contributed by atoms with Crippen molar-refractivity contribution >= 4 is 32.7 Å². The summed E-state index contributed by atoms with van der Waals surface area (Å²) in [4.78, 5) is 21.7. The summed E-state index contributed by atoms with van der Waals surface area (Å²) in [7, 11) is 0. The Morgan fingerprint density at radius 3 is 2.71 bits per heavy atom. The number of aryl methyl sites for hydroxylation is 1. The van der Waals surface area contributed by atoms with Crippen LogP contribution in [0, 0.1) is 6.92 Å². The smallest absolute Gasteiger partial charge is 0.312 e. The highest BCUT2D eigenvalue weighted by Crippen LogP contribution is 2.34. The van der Waals surface area contributed by atoms with Crippen molar-refractivity contribution in [1.29, 1.82) is 0 Å². The Labute approximate surface area is 136 Å². The molecule has 9 heteroatoms. The second-order valence-electron chi connectivity index (χ2n) is 5.26. The number of imidazole rings is 1. The van der Waals surface area contributed by atoms with Crippen molar-refractivity contribution in [3.63, 3.8) is 0 Å². The van der Waals surface area contributed by atoms with Gasteiger partial charge < -0.3 is 4.98 Å². The van der Waals surface area contributed by atoms with Crippen LogP contribution in [-0.4, -0.2) is 19.5 Å². The quantitative estimate of drug-likeness (QED) is 0.570. The largest absolute Gasteiger partial charge is 0.450 e. The zero-order valence-corrected chi connectivity index (χ0v) is 13.0. The summed E-state index contributed by atoms with van der Waals surface area (Å²) in [5.41, 5.74) is 1.71. The standard InChI is InChI=1S/C15H9F3N4OS/c1-7-2-4-10-12(19-7)22(13(20-10)15(16,17)18)8-3-5-9-11(6-8)24-14(23)21-9/h2-6H,1H3,(H,21,23). The third kappa shape index (κ3) is 2.28. The first-order valence-electron chi connectivity index (χ1n) is 6.89. The van der Waals surface area contributed by atoms with Crippen molar-refractivity contribution in [3.8, 4) is 5.69 Å². The zero-order chi connectivity index (χ0) is 17.1. The van der Waals surface area contributed by atoms with E-state index in [1.807, 2.05) is 0 Å². The molecule has 0 aliphatic carbocycles. The number of rotatable bonds is 1. The number of pyridine rings is 1. The SMILES string of the molecule is Cc1ccc2nc(C(F)(F)F)n(-c3ccc4[nH]c(=O)sc4c3)c2n1. The number of H-pyrrole nitrogens is 1. The van der Waals surface area contributed by atoms with Gasteiger partial charge in [0.05, 0.1) is 15.9 Å². The molecule has 122 valence electrons. The highest BCUT2D eigenvalue weighted by molar-refractivity contribution is 7.16. The number of halogens is 3. The molecule has 4 aromatic rings. The molecule has 0 atom stereocenters. The molecule has 0 fully saturated rings. The molecule has 0 saturated carbocycles. The van der Waals surface area contributed by atoms with E-state index < -0.39 is 12.0 Å². The Hall–Kier alpha value is -2.68. The summed E-state index contributed by atoms with van der Waals surface area (Å²) in [6.07, 6.45) is -4.63. The maximum Gasteiger partial charge on any atom is 0.450 e. The van der Waals surface area contributed by atoms with Crippen LogP contribution in [0.5, 0.6) is 0 Å². The number of hydrogen-bond donors (Lipinski definition) is 1. The fourth-order valence-electron chi connectivity index (χ4n) is 2.56. The van der Waals surface area contributed by atoms with Gasteiger partial charge in [0.2, 0.25) is 5.82 Å². The molecule has 4 rings (SSSR count). The van der Waals surface area contributed by atoms with Gasteiger partial charge in [-0.15, -0.1) is 0 Å². The Bertz CT molecular complexity index is 1140. The van der Waals surface area contributed by atoms with Crippen molar-refractivity contribution in [2.75, 3.05) is 0 Å². The van der Waals surface area contributed by atoms with E-state index in [4.69, 9.17) is 0 Å². The van der Waals surface area contributed by atoms with Crippen LogP contribution in [0.1, 0.15) is 11.5 Å².